The fraction of sp³-hybridized carbons (Fsp3) is 0.923. The Kier molecular flexibility index (Phi) is 3.10. The lowest BCUT2D eigenvalue weighted by atomic mass is 9.94. The Labute approximate surface area is 104 Å². The predicted molar refractivity (Wildman–Crippen MR) is 66.9 cm³/mol. The molecule has 17 heavy (non-hydrogen) atoms. The number of hydrogen-bond donors (Lipinski definition) is 1. The number of amides is 1. The summed E-state index contributed by atoms with van der Waals surface area (Å²) in [4.78, 5) is 13.9. The highest BCUT2D eigenvalue weighted by atomic mass is 16.6. The van der Waals surface area contributed by atoms with Gasteiger partial charge in [0.25, 0.3) is 0 Å². The number of carbonyl (C=O) groups is 1. The van der Waals surface area contributed by atoms with Gasteiger partial charge in [-0.3, -0.25) is 0 Å². The third-order valence-corrected chi connectivity index (χ3v) is 3.80. The molecule has 0 bridgehead atoms. The molecule has 0 radical (unpaired) electrons. The standard InChI is InChI=1S/C13H24N2O2/c1-12(2,3)17-11(16)15-7-5-6-13(9-15)8-10(13)14-4/h10,14H,5-9H2,1-4H3. The second-order valence-corrected chi connectivity index (χ2v) is 6.41. The molecule has 1 spiro atoms. The van der Waals surface area contributed by atoms with Crippen LogP contribution >= 0.6 is 0 Å². The summed E-state index contributed by atoms with van der Waals surface area (Å²) in [5, 5.41) is 3.33. The maximum absolute atomic E-state index is 12.0. The third-order valence-electron chi connectivity index (χ3n) is 3.80. The highest BCUT2D eigenvalue weighted by molar-refractivity contribution is 5.68. The van der Waals surface area contributed by atoms with E-state index in [0.29, 0.717) is 11.5 Å². The van der Waals surface area contributed by atoms with Crippen LogP contribution in [0.25, 0.3) is 0 Å². The first-order chi connectivity index (χ1) is 7.86. The summed E-state index contributed by atoms with van der Waals surface area (Å²) >= 11 is 0. The lowest BCUT2D eigenvalue weighted by Gasteiger charge is -2.35. The molecule has 1 aliphatic carbocycles. The Morgan fingerprint density at radius 2 is 2.18 bits per heavy atom. The van der Waals surface area contributed by atoms with Crippen LogP contribution in [0.15, 0.2) is 0 Å². The van der Waals surface area contributed by atoms with Gasteiger partial charge in [-0.15, -0.1) is 0 Å². The van der Waals surface area contributed by atoms with Gasteiger partial charge < -0.3 is 15.0 Å². The van der Waals surface area contributed by atoms with Gasteiger partial charge in [-0.25, -0.2) is 4.79 Å². The fourth-order valence-corrected chi connectivity index (χ4v) is 2.85. The minimum atomic E-state index is -0.395. The smallest absolute Gasteiger partial charge is 0.410 e. The Bertz CT molecular complexity index is 311. The highest BCUT2D eigenvalue weighted by Gasteiger charge is 2.55. The van der Waals surface area contributed by atoms with E-state index in [4.69, 9.17) is 4.74 Å². The van der Waals surface area contributed by atoms with Crippen LogP contribution < -0.4 is 5.32 Å². The van der Waals surface area contributed by atoms with Crippen LogP contribution in [-0.2, 0) is 4.74 Å². The highest BCUT2D eigenvalue weighted by Crippen LogP contribution is 2.52. The van der Waals surface area contributed by atoms with Crippen LogP contribution in [0.3, 0.4) is 0 Å². The second-order valence-electron chi connectivity index (χ2n) is 6.41. The molecule has 0 aromatic rings. The van der Waals surface area contributed by atoms with Crippen LogP contribution in [0, 0.1) is 5.41 Å². The van der Waals surface area contributed by atoms with Crippen LogP contribution in [-0.4, -0.2) is 42.8 Å². The predicted octanol–water partition coefficient (Wildman–Crippen LogP) is 2.00. The molecule has 4 nitrogen and oxygen atoms in total. The summed E-state index contributed by atoms with van der Waals surface area (Å²) in [5.74, 6) is 0. The van der Waals surface area contributed by atoms with Gasteiger partial charge in [0.05, 0.1) is 0 Å². The minimum absolute atomic E-state index is 0.154. The zero-order valence-corrected chi connectivity index (χ0v) is 11.4. The van der Waals surface area contributed by atoms with E-state index < -0.39 is 5.60 Å². The SMILES string of the molecule is CNC1CC12CCCN(C(=O)OC(C)(C)C)C2. The quantitative estimate of drug-likeness (QED) is 0.762. The molecule has 0 aromatic heterocycles. The Morgan fingerprint density at radius 3 is 2.71 bits per heavy atom. The maximum atomic E-state index is 12.0. The monoisotopic (exact) mass is 240 g/mol. The van der Waals surface area contributed by atoms with Gasteiger partial charge in [0.15, 0.2) is 0 Å². The van der Waals surface area contributed by atoms with Gasteiger partial charge >= 0.3 is 6.09 Å². The van der Waals surface area contributed by atoms with Crippen molar-refractivity contribution in [2.24, 2.45) is 5.41 Å². The number of piperidine rings is 1. The molecule has 2 aliphatic rings. The van der Waals surface area contributed by atoms with Crippen LogP contribution in [0.5, 0.6) is 0 Å². The lowest BCUT2D eigenvalue weighted by molar-refractivity contribution is 0.0142. The zero-order valence-electron chi connectivity index (χ0n) is 11.4. The molecule has 1 saturated heterocycles. The molecular weight excluding hydrogens is 216 g/mol. The van der Waals surface area contributed by atoms with Gasteiger partial charge in [-0.1, -0.05) is 0 Å². The molecule has 1 amide bonds. The molecule has 4 heteroatoms. The average molecular weight is 240 g/mol. The zero-order chi connectivity index (χ0) is 12.7. The molecule has 2 unspecified atom stereocenters. The second kappa shape index (κ2) is 4.16. The van der Waals surface area contributed by atoms with Gasteiger partial charge in [0.1, 0.15) is 5.60 Å². The van der Waals surface area contributed by atoms with E-state index in [9.17, 15) is 4.79 Å². The first-order valence-corrected chi connectivity index (χ1v) is 6.51. The van der Waals surface area contributed by atoms with Gasteiger partial charge in [0.2, 0.25) is 0 Å². The lowest BCUT2D eigenvalue weighted by Crippen LogP contribution is -2.45. The van der Waals surface area contributed by atoms with Gasteiger partial charge in [-0.05, 0) is 47.1 Å². The summed E-state index contributed by atoms with van der Waals surface area (Å²) in [6, 6.07) is 0.590. The number of rotatable bonds is 1. The summed E-state index contributed by atoms with van der Waals surface area (Å²) in [6.07, 6.45) is 3.37. The molecular formula is C13H24N2O2. The molecule has 2 rings (SSSR count). The van der Waals surface area contributed by atoms with Crippen molar-refractivity contribution in [3.05, 3.63) is 0 Å². The summed E-state index contributed by atoms with van der Waals surface area (Å²) in [6.45, 7) is 7.44. The van der Waals surface area contributed by atoms with Crippen LogP contribution in [0.4, 0.5) is 4.79 Å². The largest absolute Gasteiger partial charge is 0.444 e. The molecule has 98 valence electrons. The maximum Gasteiger partial charge on any atom is 0.410 e. The first-order valence-electron chi connectivity index (χ1n) is 6.51. The third kappa shape index (κ3) is 2.73. The van der Waals surface area contributed by atoms with Crippen molar-refractivity contribution < 1.29 is 9.53 Å². The molecule has 2 fully saturated rings. The van der Waals surface area contributed by atoms with Gasteiger partial charge in [-0.2, -0.15) is 0 Å². The van der Waals surface area contributed by atoms with Crippen LogP contribution in [0.2, 0.25) is 0 Å². The van der Waals surface area contributed by atoms with E-state index >= 15 is 0 Å². The summed E-state index contributed by atoms with van der Waals surface area (Å²) in [5.41, 5.74) is -0.0580. The molecule has 2 atom stereocenters. The summed E-state index contributed by atoms with van der Waals surface area (Å²) < 4.78 is 5.43. The fourth-order valence-electron chi connectivity index (χ4n) is 2.85. The molecule has 0 aromatic carbocycles. The van der Waals surface area contributed by atoms with E-state index in [1.807, 2.05) is 32.7 Å². The van der Waals surface area contributed by atoms with E-state index in [0.717, 1.165) is 19.5 Å². The van der Waals surface area contributed by atoms with E-state index in [-0.39, 0.29) is 6.09 Å². The Balaban J connectivity index is 1.92. The molecule has 1 heterocycles. The number of likely N-dealkylation sites (tertiary alicyclic amines) is 1. The number of ether oxygens (including phenoxy) is 1. The minimum Gasteiger partial charge on any atom is -0.444 e. The van der Waals surface area contributed by atoms with Crippen molar-refractivity contribution in [1.82, 2.24) is 10.2 Å². The van der Waals surface area contributed by atoms with Crippen molar-refractivity contribution in [2.75, 3.05) is 20.1 Å². The number of carbonyl (C=O) groups excluding carboxylic acids is 1. The Hall–Kier alpha value is -0.770. The number of hydrogen-bond acceptors (Lipinski definition) is 3. The van der Waals surface area contributed by atoms with E-state index in [1.165, 1.54) is 12.8 Å². The van der Waals surface area contributed by atoms with Gasteiger partial charge in [0, 0.05) is 24.5 Å². The average Bonchev–Trinajstić information content (AvgIpc) is 2.88. The van der Waals surface area contributed by atoms with E-state index in [2.05, 4.69) is 5.32 Å². The van der Waals surface area contributed by atoms with Crippen molar-refractivity contribution in [3.8, 4) is 0 Å². The summed E-state index contributed by atoms with van der Waals surface area (Å²) in [7, 11) is 2.01. The molecule has 1 N–H and O–H groups in total. The van der Waals surface area contributed by atoms with Crippen molar-refractivity contribution in [1.29, 1.82) is 0 Å². The molecule has 1 saturated carbocycles. The van der Waals surface area contributed by atoms with Crippen LogP contribution in [0.1, 0.15) is 40.0 Å². The number of nitrogens with zero attached hydrogens (tertiary/aromatic N) is 1. The normalized spacial score (nSPS) is 32.7. The molecule has 1 aliphatic heterocycles. The number of nitrogens with one attached hydrogen (secondary N) is 1. The van der Waals surface area contributed by atoms with E-state index in [1.54, 1.807) is 0 Å². The topological polar surface area (TPSA) is 41.6 Å². The van der Waals surface area contributed by atoms with Crippen molar-refractivity contribution in [3.63, 3.8) is 0 Å². The van der Waals surface area contributed by atoms with Crippen molar-refractivity contribution in [2.45, 2.75) is 51.7 Å². The van der Waals surface area contributed by atoms with Crippen molar-refractivity contribution >= 4 is 6.09 Å². The Morgan fingerprint density at radius 1 is 1.47 bits per heavy atom. The first kappa shape index (κ1) is 12.7.